The Morgan fingerprint density at radius 3 is 1.67 bits per heavy atom. The molecule has 0 fully saturated rings. The smallest absolute Gasteiger partial charge is 0.220 e. The molecule has 0 heterocycles. The van der Waals surface area contributed by atoms with Crippen molar-refractivity contribution in [1.82, 2.24) is 5.32 Å². The number of carbonyl (C=O) groups excluding carboxylic acids is 1. The molecule has 0 aromatic heterocycles. The van der Waals surface area contributed by atoms with Gasteiger partial charge in [-0.1, -0.05) is 116 Å². The van der Waals surface area contributed by atoms with Crippen molar-refractivity contribution in [2.45, 2.75) is 161 Å². The quantitative estimate of drug-likeness (QED) is 0.0955. The summed E-state index contributed by atoms with van der Waals surface area (Å²) in [7, 11) is 0. The molecule has 0 bridgehead atoms. The summed E-state index contributed by atoms with van der Waals surface area (Å²) in [5.74, 6) is -0.0504. The van der Waals surface area contributed by atoms with Gasteiger partial charge >= 0.3 is 0 Å². The lowest BCUT2D eigenvalue weighted by atomic mass is 10.0. The first-order valence-electron chi connectivity index (χ1n) is 14.4. The van der Waals surface area contributed by atoms with Crippen molar-refractivity contribution in [3.8, 4) is 0 Å². The highest BCUT2D eigenvalue weighted by molar-refractivity contribution is 5.76. The highest BCUT2D eigenvalue weighted by Gasteiger charge is 2.19. The fraction of sp³-hybridized carbons (Fsp3) is 0.897. The molecule has 2 atom stereocenters. The highest BCUT2D eigenvalue weighted by atomic mass is 16.3. The third kappa shape index (κ3) is 22.7. The van der Waals surface area contributed by atoms with Gasteiger partial charge in [-0.2, -0.15) is 0 Å². The van der Waals surface area contributed by atoms with Crippen molar-refractivity contribution in [2.24, 2.45) is 0 Å². The van der Waals surface area contributed by atoms with Crippen LogP contribution < -0.4 is 5.32 Å². The molecule has 0 aromatic rings. The molecule has 0 radical (unpaired) electrons. The summed E-state index contributed by atoms with van der Waals surface area (Å²) in [6.07, 6.45) is 28.3. The van der Waals surface area contributed by atoms with E-state index in [0.717, 1.165) is 32.1 Å². The zero-order valence-corrected chi connectivity index (χ0v) is 22.2. The minimum absolute atomic E-state index is 0.0504. The Bertz CT molecular complexity index is 439. The number of amides is 1. The molecule has 0 aliphatic rings. The van der Waals surface area contributed by atoms with E-state index in [4.69, 9.17) is 0 Å². The van der Waals surface area contributed by atoms with Crippen molar-refractivity contribution < 1.29 is 15.0 Å². The number of nitrogens with one attached hydrogen (secondary N) is 1. The molecule has 0 unspecified atom stereocenters. The van der Waals surface area contributed by atoms with Gasteiger partial charge in [-0.05, 0) is 38.5 Å². The minimum atomic E-state index is -0.672. The first kappa shape index (κ1) is 32.1. The summed E-state index contributed by atoms with van der Waals surface area (Å²) < 4.78 is 0. The second-order valence-corrected chi connectivity index (χ2v) is 9.81. The Morgan fingerprint density at radius 2 is 1.15 bits per heavy atom. The maximum absolute atomic E-state index is 12.1. The van der Waals surface area contributed by atoms with E-state index < -0.39 is 12.1 Å². The number of rotatable bonds is 25. The van der Waals surface area contributed by atoms with Gasteiger partial charge in [0.25, 0.3) is 0 Å². The maximum Gasteiger partial charge on any atom is 0.220 e. The minimum Gasteiger partial charge on any atom is -0.394 e. The van der Waals surface area contributed by atoms with Crippen LogP contribution in [0.25, 0.3) is 0 Å². The lowest BCUT2D eigenvalue weighted by molar-refractivity contribution is -0.123. The third-order valence-electron chi connectivity index (χ3n) is 6.53. The van der Waals surface area contributed by atoms with Crippen LogP contribution in [0.4, 0.5) is 0 Å². The van der Waals surface area contributed by atoms with Gasteiger partial charge in [0.1, 0.15) is 0 Å². The van der Waals surface area contributed by atoms with Crippen LogP contribution in [0.5, 0.6) is 0 Å². The number of aliphatic hydroxyl groups excluding tert-OH is 2. The molecule has 196 valence electrons. The van der Waals surface area contributed by atoms with Crippen LogP contribution in [0.2, 0.25) is 0 Å². The molecule has 0 saturated heterocycles. The molecule has 0 aromatic carbocycles. The van der Waals surface area contributed by atoms with E-state index in [1.807, 2.05) is 0 Å². The Hall–Kier alpha value is -0.870. The Kier molecular flexibility index (Phi) is 25.1. The summed E-state index contributed by atoms with van der Waals surface area (Å²) in [6.45, 7) is 4.27. The number of hydrogen-bond donors (Lipinski definition) is 3. The first-order valence-corrected chi connectivity index (χ1v) is 14.4. The van der Waals surface area contributed by atoms with Crippen LogP contribution in [0.15, 0.2) is 12.2 Å². The lowest BCUT2D eigenvalue weighted by Crippen LogP contribution is -2.45. The Morgan fingerprint density at radius 1 is 0.697 bits per heavy atom. The standard InChI is InChI=1S/C29H57NO3/c1-3-5-7-9-11-12-13-14-15-16-17-19-20-22-24-28(32)27(26-31)30-29(33)25-23-21-18-10-8-6-4-2/h16-17,27-28,31-32H,3-15,18-26H2,1-2H3,(H,30,33)/b17-16+/t27-,28+/m0/s1. The largest absolute Gasteiger partial charge is 0.394 e. The summed E-state index contributed by atoms with van der Waals surface area (Å²) in [5, 5.41) is 22.7. The van der Waals surface area contributed by atoms with Crippen LogP contribution in [-0.4, -0.2) is 34.9 Å². The molecule has 4 heteroatoms. The lowest BCUT2D eigenvalue weighted by Gasteiger charge is -2.22. The Balaban J connectivity index is 3.65. The van der Waals surface area contributed by atoms with E-state index in [-0.39, 0.29) is 12.5 Å². The number of unbranched alkanes of at least 4 members (excludes halogenated alkanes) is 16. The number of aliphatic hydroxyl groups is 2. The predicted octanol–water partition coefficient (Wildman–Crippen LogP) is 7.61. The molecule has 0 rings (SSSR count). The van der Waals surface area contributed by atoms with Crippen molar-refractivity contribution in [2.75, 3.05) is 6.61 Å². The van der Waals surface area contributed by atoms with Gasteiger partial charge in [-0.25, -0.2) is 0 Å². The maximum atomic E-state index is 12.1. The molecular formula is C29H57NO3. The second kappa shape index (κ2) is 25.7. The van der Waals surface area contributed by atoms with Crippen molar-refractivity contribution in [3.05, 3.63) is 12.2 Å². The van der Waals surface area contributed by atoms with Gasteiger partial charge in [-0.3, -0.25) is 4.79 Å². The van der Waals surface area contributed by atoms with Gasteiger partial charge < -0.3 is 15.5 Å². The first-order chi connectivity index (χ1) is 16.2. The van der Waals surface area contributed by atoms with Gasteiger partial charge in [-0.15, -0.1) is 0 Å². The topological polar surface area (TPSA) is 69.6 Å². The Labute approximate surface area is 206 Å². The third-order valence-corrected chi connectivity index (χ3v) is 6.53. The average Bonchev–Trinajstić information content (AvgIpc) is 2.82. The summed E-state index contributed by atoms with van der Waals surface area (Å²) in [5.41, 5.74) is 0. The van der Waals surface area contributed by atoms with E-state index in [1.165, 1.54) is 89.9 Å². The highest BCUT2D eigenvalue weighted by Crippen LogP contribution is 2.12. The van der Waals surface area contributed by atoms with E-state index >= 15 is 0 Å². The van der Waals surface area contributed by atoms with Crippen molar-refractivity contribution >= 4 is 5.91 Å². The van der Waals surface area contributed by atoms with Crippen LogP contribution in [0, 0.1) is 0 Å². The molecule has 1 amide bonds. The van der Waals surface area contributed by atoms with E-state index in [0.29, 0.717) is 12.8 Å². The van der Waals surface area contributed by atoms with Gasteiger partial charge in [0.15, 0.2) is 0 Å². The van der Waals surface area contributed by atoms with Crippen LogP contribution in [-0.2, 0) is 4.79 Å². The fourth-order valence-corrected chi connectivity index (χ4v) is 4.23. The molecule has 0 spiro atoms. The van der Waals surface area contributed by atoms with E-state index in [2.05, 4.69) is 31.3 Å². The predicted molar refractivity (Wildman–Crippen MR) is 142 cm³/mol. The number of allylic oxidation sites excluding steroid dienone is 2. The molecule has 4 nitrogen and oxygen atoms in total. The van der Waals surface area contributed by atoms with Crippen LogP contribution in [0.1, 0.15) is 149 Å². The van der Waals surface area contributed by atoms with Crippen LogP contribution in [0.3, 0.4) is 0 Å². The summed E-state index contributed by atoms with van der Waals surface area (Å²) in [4.78, 5) is 12.1. The molecule has 0 aliphatic carbocycles. The van der Waals surface area contributed by atoms with Crippen LogP contribution >= 0.6 is 0 Å². The zero-order valence-electron chi connectivity index (χ0n) is 22.2. The van der Waals surface area contributed by atoms with Gasteiger partial charge in [0.2, 0.25) is 5.91 Å². The second-order valence-electron chi connectivity index (χ2n) is 9.81. The van der Waals surface area contributed by atoms with E-state index in [9.17, 15) is 15.0 Å². The molecule has 33 heavy (non-hydrogen) atoms. The number of hydrogen-bond acceptors (Lipinski definition) is 3. The van der Waals surface area contributed by atoms with Crippen molar-refractivity contribution in [1.29, 1.82) is 0 Å². The molecule has 3 N–H and O–H groups in total. The van der Waals surface area contributed by atoms with Gasteiger partial charge in [0.05, 0.1) is 18.8 Å². The molecule has 0 saturated carbocycles. The van der Waals surface area contributed by atoms with Crippen molar-refractivity contribution in [3.63, 3.8) is 0 Å². The summed E-state index contributed by atoms with van der Waals surface area (Å²) in [6, 6.07) is -0.542. The molecule has 0 aliphatic heterocycles. The monoisotopic (exact) mass is 467 g/mol. The summed E-state index contributed by atoms with van der Waals surface area (Å²) >= 11 is 0. The van der Waals surface area contributed by atoms with Gasteiger partial charge in [0, 0.05) is 6.42 Å². The fourth-order valence-electron chi connectivity index (χ4n) is 4.23. The van der Waals surface area contributed by atoms with E-state index in [1.54, 1.807) is 0 Å². The zero-order chi connectivity index (χ0) is 24.4. The average molecular weight is 468 g/mol. The SMILES string of the molecule is CCCCCCCCCC/C=C/CCCC[C@@H](O)[C@H](CO)NC(=O)CCCCCCCCC. The normalized spacial score (nSPS) is 13.5. The number of carbonyl (C=O) groups is 1. The molecular weight excluding hydrogens is 410 g/mol.